The van der Waals surface area contributed by atoms with E-state index in [1.165, 1.54) is 50.8 Å². The molecule has 2 aliphatic heterocycles. The lowest BCUT2D eigenvalue weighted by Crippen LogP contribution is -2.45. The van der Waals surface area contributed by atoms with Gasteiger partial charge < -0.3 is 29.2 Å². The van der Waals surface area contributed by atoms with E-state index in [4.69, 9.17) is 4.74 Å². The zero-order chi connectivity index (χ0) is 44.1. The van der Waals surface area contributed by atoms with Crippen molar-refractivity contribution in [1.82, 2.24) is 24.7 Å². The molecular formula is C50H75F2N7O2. The van der Waals surface area contributed by atoms with E-state index in [0.717, 1.165) is 122 Å². The van der Waals surface area contributed by atoms with E-state index in [-0.39, 0.29) is 17.7 Å². The maximum absolute atomic E-state index is 14.0. The number of likely N-dealkylation sites (N-methyl/N-ethyl adjacent to an activating group) is 1. The molecule has 0 spiro atoms. The number of unbranched alkanes of at least 4 members (excludes halogenated alkanes) is 1. The Kier molecular flexibility index (Phi) is 18.0. The zero-order valence-corrected chi connectivity index (χ0v) is 38.9. The Hall–Kier alpha value is -4.09. The van der Waals surface area contributed by atoms with Crippen LogP contribution in [0.2, 0.25) is 0 Å². The van der Waals surface area contributed by atoms with Crippen molar-refractivity contribution < 1.29 is 18.3 Å². The van der Waals surface area contributed by atoms with Crippen molar-refractivity contribution in [1.29, 1.82) is 0 Å². The first kappa shape index (κ1) is 48.0. The number of carbonyl (C=O) groups is 1. The number of aryl methyl sites for hydroxylation is 2. The molecule has 11 heteroatoms. The van der Waals surface area contributed by atoms with Gasteiger partial charge in [0.15, 0.2) is 0 Å². The fourth-order valence-corrected chi connectivity index (χ4v) is 8.97. The van der Waals surface area contributed by atoms with E-state index >= 15 is 0 Å². The lowest BCUT2D eigenvalue weighted by atomic mass is 9.91. The molecule has 1 amide bonds. The second-order valence-electron chi connectivity index (χ2n) is 18.2. The second kappa shape index (κ2) is 22.8. The molecule has 9 nitrogen and oxygen atoms in total. The number of nitrogens with zero attached hydrogens (tertiary/aromatic N) is 7. The van der Waals surface area contributed by atoms with Gasteiger partial charge in [0.05, 0.1) is 11.0 Å². The zero-order valence-electron chi connectivity index (χ0n) is 38.9. The van der Waals surface area contributed by atoms with Gasteiger partial charge in [0.2, 0.25) is 0 Å². The van der Waals surface area contributed by atoms with Crippen LogP contribution in [0.15, 0.2) is 48.5 Å². The van der Waals surface area contributed by atoms with Crippen LogP contribution >= 0.6 is 0 Å². The Morgan fingerprint density at radius 2 is 1.13 bits per heavy atom. The van der Waals surface area contributed by atoms with Gasteiger partial charge in [-0.15, -0.1) is 0 Å². The summed E-state index contributed by atoms with van der Waals surface area (Å²) in [7, 11) is 0. The largest absolute Gasteiger partial charge is 0.444 e. The van der Waals surface area contributed by atoms with E-state index in [9.17, 15) is 13.6 Å². The molecule has 2 saturated heterocycles. The van der Waals surface area contributed by atoms with Crippen molar-refractivity contribution in [3.8, 4) is 0 Å². The number of aromatic nitrogens is 2. The Balaban J connectivity index is 0.000000237. The maximum Gasteiger partial charge on any atom is 0.410 e. The first-order chi connectivity index (χ1) is 29.2. The van der Waals surface area contributed by atoms with Crippen LogP contribution in [0.1, 0.15) is 105 Å². The molecule has 2 aromatic heterocycles. The number of amides is 1. The third kappa shape index (κ3) is 14.2. The topological polar surface area (TPSA) is 68.3 Å². The molecule has 0 radical (unpaired) electrons. The van der Waals surface area contributed by atoms with Gasteiger partial charge in [0.1, 0.15) is 17.2 Å². The summed E-state index contributed by atoms with van der Waals surface area (Å²) in [6, 6.07) is 13.9. The minimum absolute atomic E-state index is 0.183. The molecule has 4 aromatic rings. The monoisotopic (exact) mass is 844 g/mol. The quantitative estimate of drug-likeness (QED) is 0.103. The number of hydrogen-bond acceptors (Lipinski definition) is 8. The molecule has 2 aliphatic rings. The molecule has 0 unspecified atom stereocenters. The minimum Gasteiger partial charge on any atom is -0.444 e. The number of ether oxygens (including phenoxy) is 1. The molecule has 0 saturated carbocycles. The molecule has 0 aliphatic carbocycles. The second-order valence-corrected chi connectivity index (χ2v) is 18.2. The van der Waals surface area contributed by atoms with Crippen molar-refractivity contribution in [2.24, 2.45) is 11.8 Å². The van der Waals surface area contributed by atoms with Crippen molar-refractivity contribution in [2.45, 2.75) is 113 Å². The van der Waals surface area contributed by atoms with Crippen LogP contribution in [0.4, 0.5) is 25.0 Å². The summed E-state index contributed by atoms with van der Waals surface area (Å²) >= 11 is 0. The molecule has 0 bridgehead atoms. The van der Waals surface area contributed by atoms with Crippen molar-refractivity contribution in [2.75, 3.05) is 88.3 Å². The normalized spacial score (nSPS) is 15.5. The number of halogens is 2. The smallest absolute Gasteiger partial charge is 0.410 e. The van der Waals surface area contributed by atoms with Gasteiger partial charge in [0.25, 0.3) is 0 Å². The highest BCUT2D eigenvalue weighted by Gasteiger charge is 2.28. The summed E-state index contributed by atoms with van der Waals surface area (Å²) < 4.78 is 33.5. The number of pyridine rings is 2. The predicted molar refractivity (Wildman–Crippen MR) is 250 cm³/mol. The number of piperidine rings is 2. The van der Waals surface area contributed by atoms with Crippen molar-refractivity contribution >= 4 is 39.3 Å². The maximum atomic E-state index is 14.0. The summed E-state index contributed by atoms with van der Waals surface area (Å²) in [4.78, 5) is 33.6. The van der Waals surface area contributed by atoms with Crippen LogP contribution < -0.4 is 9.80 Å². The molecule has 0 N–H and O–H groups in total. The third-order valence-electron chi connectivity index (χ3n) is 12.6. The Bertz CT molecular complexity index is 1980. The average molecular weight is 844 g/mol. The number of anilines is 2. The first-order valence-electron chi connectivity index (χ1n) is 23.3. The summed E-state index contributed by atoms with van der Waals surface area (Å²) in [5.41, 5.74) is 5.34. The van der Waals surface area contributed by atoms with Crippen LogP contribution in [-0.4, -0.2) is 115 Å². The van der Waals surface area contributed by atoms with Crippen LogP contribution in [-0.2, 0) is 4.74 Å². The minimum atomic E-state index is -0.510. The number of benzene rings is 2. The third-order valence-corrected chi connectivity index (χ3v) is 12.6. The standard InChI is InChI=1S/C27H41FN4O2.C23H34FN3/c1-7-30(8-2)15-16-32(26(33)34-27(4,5)6)19-21-11-13-31(14-12-21)25-17-20(3)29-24-10-9-22(28)18-23(24)25;1-4-26(5-2)13-7-6-8-19-11-14-27(15-12-19)23-16-18(3)25-22-10-9-20(24)17-21(22)23/h9-10,17-18,21H,7-8,11-16,19H2,1-6H3;9-10,16-17,19H,4-8,11-15H2,1-3H3. The fraction of sp³-hybridized carbons (Fsp3) is 0.620. The molecular weight excluding hydrogens is 769 g/mol. The summed E-state index contributed by atoms with van der Waals surface area (Å²) in [5.74, 6) is 0.822. The Morgan fingerprint density at radius 1 is 0.672 bits per heavy atom. The van der Waals surface area contributed by atoms with Crippen LogP contribution in [0.5, 0.6) is 0 Å². The highest BCUT2D eigenvalue weighted by Crippen LogP contribution is 2.33. The molecule has 61 heavy (non-hydrogen) atoms. The van der Waals surface area contributed by atoms with Crippen LogP contribution in [0.25, 0.3) is 21.8 Å². The molecule has 4 heterocycles. The Morgan fingerprint density at radius 3 is 1.59 bits per heavy atom. The van der Waals surface area contributed by atoms with E-state index < -0.39 is 5.60 Å². The van der Waals surface area contributed by atoms with Gasteiger partial charge in [-0.25, -0.2) is 13.6 Å². The highest BCUT2D eigenvalue weighted by molar-refractivity contribution is 5.93. The highest BCUT2D eigenvalue weighted by atomic mass is 19.1. The summed E-state index contributed by atoms with van der Waals surface area (Å²) in [5, 5.41) is 1.80. The molecule has 2 fully saturated rings. The lowest BCUT2D eigenvalue weighted by Gasteiger charge is -2.37. The van der Waals surface area contributed by atoms with Crippen molar-refractivity contribution in [3.05, 3.63) is 71.6 Å². The molecule has 0 atom stereocenters. The molecule has 6 rings (SSSR count). The van der Waals surface area contributed by atoms with E-state index in [0.29, 0.717) is 19.0 Å². The number of hydrogen-bond donors (Lipinski definition) is 0. The van der Waals surface area contributed by atoms with Gasteiger partial charge >= 0.3 is 6.09 Å². The van der Waals surface area contributed by atoms with Gasteiger partial charge in [0, 0.05) is 79.3 Å². The lowest BCUT2D eigenvalue weighted by molar-refractivity contribution is 0.0195. The van der Waals surface area contributed by atoms with E-state index in [1.54, 1.807) is 24.3 Å². The predicted octanol–water partition coefficient (Wildman–Crippen LogP) is 10.9. The Labute approximate surface area is 365 Å². The van der Waals surface area contributed by atoms with Gasteiger partial charge in [-0.3, -0.25) is 9.97 Å². The van der Waals surface area contributed by atoms with E-state index in [1.807, 2.05) is 39.5 Å². The van der Waals surface area contributed by atoms with Gasteiger partial charge in [-0.05, 0) is 160 Å². The van der Waals surface area contributed by atoms with Crippen molar-refractivity contribution in [3.63, 3.8) is 0 Å². The van der Waals surface area contributed by atoms with Gasteiger partial charge in [-0.2, -0.15) is 0 Å². The average Bonchev–Trinajstić information content (AvgIpc) is 3.23. The SMILES string of the molecule is CCN(CC)CCCCC1CCN(c2cc(C)nc3ccc(F)cc23)CC1.CCN(CC)CCN(CC1CCN(c2cc(C)nc3ccc(F)cc23)CC1)C(=O)OC(C)(C)C. The first-order valence-corrected chi connectivity index (χ1v) is 23.3. The van der Waals surface area contributed by atoms with E-state index in [2.05, 4.69) is 69.4 Å². The number of fused-ring (bicyclic) bond motifs is 2. The summed E-state index contributed by atoms with van der Waals surface area (Å²) in [6.07, 6.45) is 8.20. The van der Waals surface area contributed by atoms with Crippen LogP contribution in [0.3, 0.4) is 0 Å². The fourth-order valence-electron chi connectivity index (χ4n) is 8.97. The van der Waals surface area contributed by atoms with Gasteiger partial charge in [-0.1, -0.05) is 40.5 Å². The number of rotatable bonds is 16. The number of carbonyl (C=O) groups excluding carboxylic acids is 1. The summed E-state index contributed by atoms with van der Waals surface area (Å²) in [6.45, 7) is 30.1. The van der Waals surface area contributed by atoms with Crippen LogP contribution in [0, 0.1) is 37.3 Å². The molecule has 2 aromatic carbocycles. The molecule has 336 valence electrons.